The molecule has 0 saturated carbocycles. The van der Waals surface area contributed by atoms with Crippen molar-refractivity contribution in [1.29, 1.82) is 0 Å². The molecule has 164 valence electrons. The number of anilines is 1. The molecule has 1 fully saturated rings. The molecular formula is C22H29F3N4O. The number of rotatable bonds is 8. The molecule has 1 aromatic heterocycles. The van der Waals surface area contributed by atoms with E-state index < -0.39 is 18.6 Å². The van der Waals surface area contributed by atoms with Gasteiger partial charge in [0.1, 0.15) is 5.82 Å². The summed E-state index contributed by atoms with van der Waals surface area (Å²) in [7, 11) is 0. The van der Waals surface area contributed by atoms with E-state index in [0.717, 1.165) is 12.8 Å². The molecule has 2 heterocycles. The summed E-state index contributed by atoms with van der Waals surface area (Å²) in [4.78, 5) is 14.2. The lowest BCUT2D eigenvalue weighted by atomic mass is 10.0. The highest BCUT2D eigenvalue weighted by Gasteiger charge is 2.34. The molecule has 1 aliphatic heterocycles. The summed E-state index contributed by atoms with van der Waals surface area (Å²) in [6.45, 7) is 2.81. The lowest BCUT2D eigenvalue weighted by Crippen LogP contribution is -2.42. The fourth-order valence-electron chi connectivity index (χ4n) is 4.04. The minimum atomic E-state index is -4.14. The second-order valence-corrected chi connectivity index (χ2v) is 7.98. The van der Waals surface area contributed by atoms with Crippen LogP contribution in [0, 0.1) is 0 Å². The van der Waals surface area contributed by atoms with Crippen LogP contribution in [0.5, 0.6) is 0 Å². The van der Waals surface area contributed by atoms with E-state index in [2.05, 4.69) is 22.5 Å². The van der Waals surface area contributed by atoms with Crippen LogP contribution < -0.4 is 5.32 Å². The number of carbonyl (C=O) groups excluding carboxylic acids is 1. The number of nitrogens with zero attached hydrogens (tertiary/aromatic N) is 3. The molecule has 0 radical (unpaired) electrons. The Labute approximate surface area is 175 Å². The Hall–Kier alpha value is -2.35. The third-order valence-corrected chi connectivity index (χ3v) is 5.65. The van der Waals surface area contributed by atoms with Gasteiger partial charge in [-0.15, -0.1) is 0 Å². The van der Waals surface area contributed by atoms with Crippen molar-refractivity contribution in [2.24, 2.45) is 0 Å². The fourth-order valence-corrected chi connectivity index (χ4v) is 4.04. The smallest absolute Gasteiger partial charge is 0.311 e. The number of piperidine rings is 1. The van der Waals surface area contributed by atoms with Gasteiger partial charge in [-0.2, -0.15) is 18.3 Å². The number of carbonyl (C=O) groups is 1. The molecule has 5 nitrogen and oxygen atoms in total. The average Bonchev–Trinajstić information content (AvgIpc) is 3.15. The van der Waals surface area contributed by atoms with Crippen LogP contribution in [0.15, 0.2) is 42.6 Å². The maximum atomic E-state index is 12.6. The molecule has 0 spiro atoms. The highest BCUT2D eigenvalue weighted by atomic mass is 19.4. The maximum absolute atomic E-state index is 12.6. The first-order valence-corrected chi connectivity index (χ1v) is 10.5. The Balaban J connectivity index is 1.46. The Morgan fingerprint density at radius 1 is 1.20 bits per heavy atom. The number of nitrogens with one attached hydrogen (secondary N) is 1. The van der Waals surface area contributed by atoms with Gasteiger partial charge in [-0.05, 0) is 38.2 Å². The van der Waals surface area contributed by atoms with E-state index in [1.54, 1.807) is 23.9 Å². The van der Waals surface area contributed by atoms with Gasteiger partial charge in [0.15, 0.2) is 0 Å². The van der Waals surface area contributed by atoms with Crippen molar-refractivity contribution in [3.05, 3.63) is 48.2 Å². The van der Waals surface area contributed by atoms with E-state index in [1.165, 1.54) is 5.56 Å². The number of benzene rings is 1. The quantitative estimate of drug-likeness (QED) is 0.663. The minimum absolute atomic E-state index is 0.0519. The molecule has 1 aliphatic rings. The van der Waals surface area contributed by atoms with Crippen molar-refractivity contribution in [3.63, 3.8) is 0 Å². The summed E-state index contributed by atoms with van der Waals surface area (Å²) in [5, 5.41) is 7.29. The third kappa shape index (κ3) is 6.58. The van der Waals surface area contributed by atoms with Crippen LogP contribution in [0.1, 0.15) is 50.6 Å². The second kappa shape index (κ2) is 10.1. The fraction of sp³-hybridized carbons (Fsp3) is 0.545. The van der Waals surface area contributed by atoms with Gasteiger partial charge < -0.3 is 10.2 Å². The van der Waals surface area contributed by atoms with E-state index in [9.17, 15) is 18.0 Å². The van der Waals surface area contributed by atoms with Crippen molar-refractivity contribution < 1.29 is 18.0 Å². The van der Waals surface area contributed by atoms with E-state index >= 15 is 0 Å². The zero-order valence-corrected chi connectivity index (χ0v) is 17.2. The normalized spacial score (nSPS) is 17.1. The Morgan fingerprint density at radius 3 is 2.57 bits per heavy atom. The predicted octanol–water partition coefficient (Wildman–Crippen LogP) is 4.82. The van der Waals surface area contributed by atoms with Gasteiger partial charge in [0.05, 0.1) is 18.7 Å². The number of aryl methyl sites for hydroxylation is 1. The van der Waals surface area contributed by atoms with Crippen LogP contribution in [0.2, 0.25) is 0 Å². The number of hydrogen-bond acceptors (Lipinski definition) is 3. The molecule has 30 heavy (non-hydrogen) atoms. The van der Waals surface area contributed by atoms with Gasteiger partial charge in [0.25, 0.3) is 0 Å². The van der Waals surface area contributed by atoms with E-state index in [4.69, 9.17) is 0 Å². The first-order valence-electron chi connectivity index (χ1n) is 10.5. The summed E-state index contributed by atoms with van der Waals surface area (Å²) in [5.74, 6) is 0.602. The topological polar surface area (TPSA) is 50.2 Å². The molecule has 1 N–H and O–H groups in total. The summed E-state index contributed by atoms with van der Waals surface area (Å²) in [5.41, 5.74) is 1.21. The largest absolute Gasteiger partial charge is 0.390 e. The Bertz CT molecular complexity index is 798. The lowest BCUT2D eigenvalue weighted by molar-refractivity contribution is -0.147. The molecule has 2 aromatic rings. The Morgan fingerprint density at radius 2 is 1.90 bits per heavy atom. The highest BCUT2D eigenvalue weighted by Crippen LogP contribution is 2.29. The molecule has 1 amide bonds. The van der Waals surface area contributed by atoms with Crippen molar-refractivity contribution >= 4 is 11.7 Å². The van der Waals surface area contributed by atoms with Crippen LogP contribution >= 0.6 is 0 Å². The highest BCUT2D eigenvalue weighted by molar-refractivity contribution is 5.89. The van der Waals surface area contributed by atoms with Crippen molar-refractivity contribution in [3.8, 4) is 0 Å². The number of halogens is 3. The maximum Gasteiger partial charge on any atom is 0.390 e. The zero-order valence-electron chi connectivity index (χ0n) is 17.2. The van der Waals surface area contributed by atoms with Crippen LogP contribution in [0.4, 0.5) is 19.0 Å². The summed E-state index contributed by atoms with van der Waals surface area (Å²) < 4.78 is 39.7. The van der Waals surface area contributed by atoms with Gasteiger partial charge >= 0.3 is 6.18 Å². The van der Waals surface area contributed by atoms with E-state index in [0.29, 0.717) is 38.2 Å². The first-order chi connectivity index (χ1) is 14.3. The molecule has 3 rings (SSSR count). The van der Waals surface area contributed by atoms with Gasteiger partial charge in [-0.3, -0.25) is 4.79 Å². The second-order valence-electron chi connectivity index (χ2n) is 7.98. The summed E-state index contributed by atoms with van der Waals surface area (Å²) >= 11 is 0. The van der Waals surface area contributed by atoms with Crippen LogP contribution in [0.25, 0.3) is 0 Å². The average molecular weight is 422 g/mol. The molecule has 1 aromatic carbocycles. The summed E-state index contributed by atoms with van der Waals surface area (Å²) in [6, 6.07) is 11.4. The molecule has 0 bridgehead atoms. The lowest BCUT2D eigenvalue weighted by Gasteiger charge is -2.36. The van der Waals surface area contributed by atoms with Gasteiger partial charge in [0, 0.05) is 31.6 Å². The number of aromatic nitrogens is 2. The monoisotopic (exact) mass is 422 g/mol. The zero-order chi connectivity index (χ0) is 21.6. The molecule has 0 aliphatic carbocycles. The van der Waals surface area contributed by atoms with Crippen LogP contribution in [-0.2, 0) is 11.2 Å². The van der Waals surface area contributed by atoms with Crippen molar-refractivity contribution in [1.82, 2.24) is 14.7 Å². The van der Waals surface area contributed by atoms with Crippen LogP contribution in [-0.4, -0.2) is 45.9 Å². The molecule has 8 heteroatoms. The van der Waals surface area contributed by atoms with E-state index in [1.807, 2.05) is 23.1 Å². The van der Waals surface area contributed by atoms with Crippen molar-refractivity contribution in [2.45, 2.75) is 63.7 Å². The van der Waals surface area contributed by atoms with Crippen molar-refractivity contribution in [2.75, 3.05) is 18.4 Å². The number of likely N-dealkylation sites (tertiary alicyclic amines) is 1. The molecule has 1 saturated heterocycles. The SMILES string of the molecule is C[C@H](CC(F)(F)F)N1CCC(n2nccc2NC(=O)CCCc2ccccc2)CC1. The standard InChI is InChI=1S/C22H29F3N4O/c1-17(16-22(23,24)25)28-14-11-19(12-15-28)29-20(10-13-26-29)27-21(30)9-5-8-18-6-3-2-4-7-18/h2-4,6-7,10,13,17,19H,5,8-9,11-12,14-16H2,1H3,(H,27,30)/t17-/m1/s1. The predicted molar refractivity (Wildman–Crippen MR) is 110 cm³/mol. The first kappa shape index (κ1) is 22.3. The number of hydrogen-bond donors (Lipinski definition) is 1. The third-order valence-electron chi connectivity index (χ3n) is 5.65. The van der Waals surface area contributed by atoms with Gasteiger partial charge in [-0.1, -0.05) is 30.3 Å². The van der Waals surface area contributed by atoms with Gasteiger partial charge in [-0.25, -0.2) is 4.68 Å². The number of amides is 1. The minimum Gasteiger partial charge on any atom is -0.311 e. The van der Waals surface area contributed by atoms with E-state index in [-0.39, 0.29) is 11.9 Å². The Kier molecular flexibility index (Phi) is 7.53. The summed E-state index contributed by atoms with van der Waals surface area (Å²) in [6.07, 6.45) is 0.175. The molecule has 1 atom stereocenters. The number of alkyl halides is 3. The van der Waals surface area contributed by atoms with Crippen LogP contribution in [0.3, 0.4) is 0 Å². The van der Waals surface area contributed by atoms with Gasteiger partial charge in [0.2, 0.25) is 5.91 Å². The molecular weight excluding hydrogens is 393 g/mol. The molecule has 0 unspecified atom stereocenters.